The summed E-state index contributed by atoms with van der Waals surface area (Å²) in [7, 11) is 2.99. The first kappa shape index (κ1) is 20.7. The zero-order valence-electron chi connectivity index (χ0n) is 15.7. The molecule has 2 aromatic heterocycles. The molecule has 0 bridgehead atoms. The quantitative estimate of drug-likeness (QED) is 0.413. The van der Waals surface area contributed by atoms with E-state index in [0.29, 0.717) is 58.4 Å². The van der Waals surface area contributed by atoms with Gasteiger partial charge in [-0.15, -0.1) is 11.6 Å². The summed E-state index contributed by atoms with van der Waals surface area (Å²) in [6.45, 7) is 0.448. The molecule has 0 amide bonds. The van der Waals surface area contributed by atoms with Crippen molar-refractivity contribution in [2.24, 2.45) is 0 Å². The van der Waals surface area contributed by atoms with Gasteiger partial charge in [0, 0.05) is 23.5 Å². The second-order valence-electron chi connectivity index (χ2n) is 5.75. The Balaban J connectivity index is 2.11. The van der Waals surface area contributed by atoms with Crippen molar-refractivity contribution >= 4 is 45.6 Å². The second kappa shape index (κ2) is 9.45. The number of halogens is 2. The summed E-state index contributed by atoms with van der Waals surface area (Å²) in [6.07, 6.45) is 3.57. The highest BCUT2D eigenvalue weighted by Crippen LogP contribution is 2.37. The number of methoxy groups -OCH3 is 2. The minimum absolute atomic E-state index is 0.140. The fourth-order valence-electron chi connectivity index (χ4n) is 2.58. The van der Waals surface area contributed by atoms with Gasteiger partial charge < -0.3 is 19.5 Å². The summed E-state index contributed by atoms with van der Waals surface area (Å²) in [5.74, 6) is 1.83. The van der Waals surface area contributed by atoms with Gasteiger partial charge in [-0.1, -0.05) is 11.6 Å². The fourth-order valence-corrected chi connectivity index (χ4v) is 2.83. The lowest BCUT2D eigenvalue weighted by atomic mass is 10.1. The Morgan fingerprint density at radius 3 is 2.66 bits per heavy atom. The molecule has 0 aliphatic rings. The highest BCUT2D eigenvalue weighted by molar-refractivity contribution is 6.33. The van der Waals surface area contributed by atoms with E-state index in [0.717, 1.165) is 0 Å². The molecule has 0 aliphatic carbocycles. The smallest absolute Gasteiger partial charge is 0.318 e. The van der Waals surface area contributed by atoms with E-state index in [2.05, 4.69) is 26.3 Å². The van der Waals surface area contributed by atoms with E-state index in [1.165, 1.54) is 26.6 Å². The van der Waals surface area contributed by atoms with Gasteiger partial charge in [-0.25, -0.2) is 4.98 Å². The molecule has 1 N–H and O–H groups in total. The number of hydrogen-bond acceptors (Lipinski definition) is 8. The lowest BCUT2D eigenvalue weighted by molar-refractivity contribution is 0.295. The van der Waals surface area contributed by atoms with E-state index >= 15 is 0 Å². The Kier molecular flexibility index (Phi) is 6.75. The van der Waals surface area contributed by atoms with Gasteiger partial charge in [0.05, 0.1) is 43.8 Å². The van der Waals surface area contributed by atoms with Gasteiger partial charge in [0.1, 0.15) is 11.1 Å². The minimum atomic E-state index is 0.140. The molecule has 0 radical (unpaired) electrons. The van der Waals surface area contributed by atoms with Crippen LogP contribution in [0.2, 0.25) is 5.02 Å². The lowest BCUT2D eigenvalue weighted by Crippen LogP contribution is -2.03. The van der Waals surface area contributed by atoms with Crippen molar-refractivity contribution in [1.29, 1.82) is 5.26 Å². The van der Waals surface area contributed by atoms with E-state index in [1.54, 1.807) is 12.1 Å². The van der Waals surface area contributed by atoms with Crippen LogP contribution in [-0.2, 0) is 0 Å². The zero-order chi connectivity index (χ0) is 20.8. The van der Waals surface area contributed by atoms with Crippen LogP contribution in [0.5, 0.6) is 17.5 Å². The fraction of sp³-hybridized carbons (Fsp3) is 0.263. The van der Waals surface area contributed by atoms with E-state index < -0.39 is 0 Å². The molecular weight excluding hydrogens is 417 g/mol. The molecular formula is C19H17Cl2N5O3. The van der Waals surface area contributed by atoms with Crippen LogP contribution in [0.1, 0.15) is 12.0 Å². The molecule has 3 aromatic rings. The van der Waals surface area contributed by atoms with E-state index in [-0.39, 0.29) is 11.0 Å². The number of rotatable bonds is 8. The molecule has 10 heteroatoms. The zero-order valence-corrected chi connectivity index (χ0v) is 17.2. The second-order valence-corrected chi connectivity index (χ2v) is 6.53. The molecule has 29 heavy (non-hydrogen) atoms. The SMILES string of the molecule is COc1ncc(Cl)c(Nc2c(C#N)cnc3cc(OCCCCl)c(OC)cc23)n1. The van der Waals surface area contributed by atoms with Crippen molar-refractivity contribution in [2.75, 3.05) is 32.0 Å². The van der Waals surface area contributed by atoms with Crippen molar-refractivity contribution in [3.05, 3.63) is 35.1 Å². The Bertz CT molecular complexity index is 1070. The predicted molar refractivity (Wildman–Crippen MR) is 111 cm³/mol. The summed E-state index contributed by atoms with van der Waals surface area (Å²) in [6, 6.07) is 5.75. The van der Waals surface area contributed by atoms with Gasteiger partial charge in [0.25, 0.3) is 0 Å². The molecule has 2 heterocycles. The number of alkyl halides is 1. The average Bonchev–Trinajstić information content (AvgIpc) is 2.75. The van der Waals surface area contributed by atoms with Crippen LogP contribution >= 0.6 is 23.2 Å². The molecule has 1 aromatic carbocycles. The largest absolute Gasteiger partial charge is 0.493 e. The van der Waals surface area contributed by atoms with Crippen molar-refractivity contribution in [2.45, 2.75) is 6.42 Å². The number of ether oxygens (including phenoxy) is 3. The van der Waals surface area contributed by atoms with Crippen LogP contribution < -0.4 is 19.5 Å². The highest BCUT2D eigenvalue weighted by Gasteiger charge is 2.16. The number of pyridine rings is 1. The number of nitrogens with zero attached hydrogens (tertiary/aromatic N) is 4. The van der Waals surface area contributed by atoms with Gasteiger partial charge in [-0.3, -0.25) is 4.98 Å². The maximum Gasteiger partial charge on any atom is 0.318 e. The summed E-state index contributed by atoms with van der Waals surface area (Å²) in [5, 5.41) is 13.6. The third-order valence-electron chi connectivity index (χ3n) is 3.96. The number of nitrogens with one attached hydrogen (secondary N) is 1. The maximum atomic E-state index is 9.56. The molecule has 8 nitrogen and oxygen atoms in total. The number of fused-ring (bicyclic) bond motifs is 1. The topological polar surface area (TPSA) is 102 Å². The molecule has 3 rings (SSSR count). The average molecular weight is 434 g/mol. The normalized spacial score (nSPS) is 10.4. The monoisotopic (exact) mass is 433 g/mol. The summed E-state index contributed by atoms with van der Waals surface area (Å²) >= 11 is 11.9. The molecule has 0 saturated heterocycles. The first-order valence-electron chi connectivity index (χ1n) is 8.54. The molecule has 0 aliphatic heterocycles. The van der Waals surface area contributed by atoms with Crippen LogP contribution in [0.3, 0.4) is 0 Å². The molecule has 0 spiro atoms. The number of aromatic nitrogens is 3. The lowest BCUT2D eigenvalue weighted by Gasteiger charge is -2.15. The van der Waals surface area contributed by atoms with Crippen LogP contribution in [0, 0.1) is 11.3 Å². The van der Waals surface area contributed by atoms with Gasteiger partial charge in [-0.2, -0.15) is 10.2 Å². The Morgan fingerprint density at radius 1 is 1.14 bits per heavy atom. The number of anilines is 2. The van der Waals surface area contributed by atoms with Crippen molar-refractivity contribution in [3.8, 4) is 23.6 Å². The molecule has 0 atom stereocenters. The summed E-state index contributed by atoms with van der Waals surface area (Å²) < 4.78 is 16.2. The van der Waals surface area contributed by atoms with Crippen LogP contribution in [0.25, 0.3) is 10.9 Å². The highest BCUT2D eigenvalue weighted by atomic mass is 35.5. The first-order valence-corrected chi connectivity index (χ1v) is 9.45. The van der Waals surface area contributed by atoms with Gasteiger partial charge >= 0.3 is 6.01 Å². The van der Waals surface area contributed by atoms with Crippen LogP contribution in [-0.4, -0.2) is 41.7 Å². The van der Waals surface area contributed by atoms with E-state index in [9.17, 15) is 5.26 Å². The number of nitriles is 1. The van der Waals surface area contributed by atoms with Crippen LogP contribution in [0.15, 0.2) is 24.5 Å². The Morgan fingerprint density at radius 2 is 1.97 bits per heavy atom. The Labute approximate surface area is 177 Å². The number of hydrogen-bond donors (Lipinski definition) is 1. The first-order chi connectivity index (χ1) is 14.1. The molecule has 0 saturated carbocycles. The number of benzene rings is 1. The standard InChI is InChI=1S/C19H17Cl2N5O3/c1-27-15-6-12-14(7-16(15)29-5-3-4-20)23-9-11(8-22)17(12)25-18-13(21)10-24-19(26-18)28-2/h6-7,9-10H,3-5H2,1-2H3,(H,23,24,25,26). The van der Waals surface area contributed by atoms with E-state index in [1.807, 2.05) is 0 Å². The van der Waals surface area contributed by atoms with Gasteiger partial charge in [0.15, 0.2) is 17.3 Å². The maximum absolute atomic E-state index is 9.56. The van der Waals surface area contributed by atoms with Crippen molar-refractivity contribution in [1.82, 2.24) is 15.0 Å². The Hall–Kier alpha value is -3.02. The minimum Gasteiger partial charge on any atom is -0.493 e. The van der Waals surface area contributed by atoms with Crippen molar-refractivity contribution < 1.29 is 14.2 Å². The van der Waals surface area contributed by atoms with Crippen LogP contribution in [0.4, 0.5) is 11.5 Å². The molecule has 150 valence electrons. The van der Waals surface area contributed by atoms with Gasteiger partial charge in [-0.05, 0) is 12.5 Å². The summed E-state index contributed by atoms with van der Waals surface area (Å²) in [5.41, 5.74) is 1.39. The molecule has 0 fully saturated rings. The third-order valence-corrected chi connectivity index (χ3v) is 4.50. The third kappa shape index (κ3) is 4.53. The van der Waals surface area contributed by atoms with Gasteiger partial charge in [0.2, 0.25) is 0 Å². The van der Waals surface area contributed by atoms with E-state index in [4.69, 9.17) is 37.4 Å². The predicted octanol–water partition coefficient (Wildman–Crippen LogP) is 4.32. The van der Waals surface area contributed by atoms with Crippen molar-refractivity contribution in [3.63, 3.8) is 0 Å². The summed E-state index contributed by atoms with van der Waals surface area (Å²) in [4.78, 5) is 12.5. The molecule has 0 unspecified atom stereocenters.